The number of benzene rings is 3. The van der Waals surface area contributed by atoms with Crippen LogP contribution in [0, 0.1) is 17.7 Å². The molecule has 0 spiro atoms. The minimum absolute atomic E-state index is 0.107. The molecule has 0 bridgehead atoms. The summed E-state index contributed by atoms with van der Waals surface area (Å²) in [7, 11) is 0. The Kier molecular flexibility index (Phi) is 4.26. The number of fused-ring (bicyclic) bond motifs is 4. The zero-order valence-electron chi connectivity index (χ0n) is 16.8. The third-order valence-electron chi connectivity index (χ3n) is 5.77. The van der Waals surface area contributed by atoms with Gasteiger partial charge < -0.3 is 15.6 Å². The van der Waals surface area contributed by atoms with Gasteiger partial charge in [-0.3, -0.25) is 9.59 Å². The Hall–Kier alpha value is -4.11. The number of aromatic nitrogens is 1. The fourth-order valence-electron chi connectivity index (χ4n) is 4.51. The molecule has 1 aliphatic heterocycles. The molecule has 5 rings (SSSR count). The zero-order chi connectivity index (χ0) is 21.7. The Labute approximate surface area is 177 Å². The van der Waals surface area contributed by atoms with E-state index in [4.69, 9.17) is 5.73 Å². The summed E-state index contributed by atoms with van der Waals surface area (Å²) in [6.07, 6.45) is 0.587. The lowest BCUT2D eigenvalue weighted by molar-refractivity contribution is -0.113. The highest BCUT2D eigenvalue weighted by Gasteiger charge is 2.29. The predicted molar refractivity (Wildman–Crippen MR) is 119 cm³/mol. The van der Waals surface area contributed by atoms with Gasteiger partial charge in [-0.2, -0.15) is 0 Å². The second-order valence-corrected chi connectivity index (χ2v) is 7.45. The van der Waals surface area contributed by atoms with Crippen LogP contribution >= 0.6 is 0 Å². The van der Waals surface area contributed by atoms with Crippen molar-refractivity contribution in [2.75, 3.05) is 11.4 Å². The fourth-order valence-corrected chi connectivity index (χ4v) is 4.51. The van der Waals surface area contributed by atoms with Crippen molar-refractivity contribution in [1.82, 2.24) is 4.98 Å². The topological polar surface area (TPSA) is 79.2 Å². The van der Waals surface area contributed by atoms with Gasteiger partial charge in [0.25, 0.3) is 5.91 Å². The molecule has 1 aliphatic rings. The van der Waals surface area contributed by atoms with Crippen molar-refractivity contribution in [3.05, 3.63) is 65.5 Å². The first-order chi connectivity index (χ1) is 15.0. The van der Waals surface area contributed by atoms with Crippen molar-refractivity contribution in [2.45, 2.75) is 13.3 Å². The highest BCUT2D eigenvalue weighted by molar-refractivity contribution is 6.20. The standard InChI is InChI=1S/C25H18FN3O2/c1-2-6-21(30)29-12-11-14-15(8-5-10-20(14)29)22-18(26)13-17(25(27)31)24-23(22)16-7-3-4-9-19(16)28-24/h3-5,7-10,13,28H,11-12H2,1H3,(H2,27,31). The number of aromatic amines is 1. The van der Waals surface area contributed by atoms with Crippen LogP contribution in [0.2, 0.25) is 0 Å². The van der Waals surface area contributed by atoms with Crippen molar-refractivity contribution < 1.29 is 14.0 Å². The highest BCUT2D eigenvalue weighted by atomic mass is 19.1. The van der Waals surface area contributed by atoms with Crippen LogP contribution in [0.4, 0.5) is 10.1 Å². The molecule has 1 aromatic heterocycles. The van der Waals surface area contributed by atoms with E-state index in [9.17, 15) is 9.59 Å². The number of nitrogens with zero attached hydrogens (tertiary/aromatic N) is 1. The lowest BCUT2D eigenvalue weighted by Gasteiger charge is -2.16. The third kappa shape index (κ3) is 2.78. The molecule has 2 heterocycles. The second kappa shape index (κ2) is 6.99. The van der Waals surface area contributed by atoms with Crippen LogP contribution in [0.1, 0.15) is 22.8 Å². The van der Waals surface area contributed by atoms with E-state index < -0.39 is 11.7 Å². The first kappa shape index (κ1) is 18.9. The minimum atomic E-state index is -0.699. The molecule has 2 amide bonds. The molecule has 0 radical (unpaired) electrons. The van der Waals surface area contributed by atoms with Crippen molar-refractivity contribution in [1.29, 1.82) is 0 Å². The number of carbonyl (C=O) groups is 2. The number of nitrogens with one attached hydrogen (secondary N) is 1. The largest absolute Gasteiger partial charge is 0.366 e. The van der Waals surface area contributed by atoms with Gasteiger partial charge in [-0.05, 0) is 48.6 Å². The SMILES string of the molecule is CC#CC(=O)N1CCc2c(-c3c(F)cc(C(N)=O)c4[nH]c5ccccc5c34)cccc21. The molecule has 4 aromatic rings. The molecule has 6 heteroatoms. The number of halogens is 1. The van der Waals surface area contributed by atoms with Crippen molar-refractivity contribution >= 4 is 39.3 Å². The number of carbonyl (C=O) groups excluding carboxylic acids is 2. The van der Waals surface area contributed by atoms with Crippen LogP contribution in [0.25, 0.3) is 32.9 Å². The maximum absolute atomic E-state index is 15.6. The zero-order valence-corrected chi connectivity index (χ0v) is 16.8. The van der Waals surface area contributed by atoms with Crippen molar-refractivity contribution in [3.63, 3.8) is 0 Å². The molecule has 0 atom stereocenters. The van der Waals surface area contributed by atoms with Gasteiger partial charge in [-0.15, -0.1) is 0 Å². The average molecular weight is 411 g/mol. The maximum atomic E-state index is 15.6. The quantitative estimate of drug-likeness (QED) is 0.486. The highest BCUT2D eigenvalue weighted by Crippen LogP contribution is 2.43. The molecule has 0 fully saturated rings. The summed E-state index contributed by atoms with van der Waals surface area (Å²) in [5.74, 6) is 3.71. The van der Waals surface area contributed by atoms with E-state index in [0.717, 1.165) is 22.2 Å². The molecule has 0 unspecified atom stereocenters. The van der Waals surface area contributed by atoms with Crippen LogP contribution < -0.4 is 10.6 Å². The van der Waals surface area contributed by atoms with Crippen LogP contribution in [-0.4, -0.2) is 23.3 Å². The van der Waals surface area contributed by atoms with E-state index in [1.165, 1.54) is 6.07 Å². The normalized spacial score (nSPS) is 12.6. The number of rotatable bonds is 2. The number of H-pyrrole nitrogens is 1. The van der Waals surface area contributed by atoms with Gasteiger partial charge in [-0.25, -0.2) is 4.39 Å². The summed E-state index contributed by atoms with van der Waals surface area (Å²) in [4.78, 5) is 29.3. The Morgan fingerprint density at radius 1 is 1.16 bits per heavy atom. The average Bonchev–Trinajstić information content (AvgIpc) is 3.35. The summed E-state index contributed by atoms with van der Waals surface area (Å²) < 4.78 is 15.6. The van der Waals surface area contributed by atoms with Crippen molar-refractivity contribution in [3.8, 4) is 23.0 Å². The summed E-state index contributed by atoms with van der Waals surface area (Å²) >= 11 is 0. The van der Waals surface area contributed by atoms with Gasteiger partial charge in [0.1, 0.15) is 5.82 Å². The number of amides is 2. The number of hydrogen-bond donors (Lipinski definition) is 2. The number of anilines is 1. The van der Waals surface area contributed by atoms with Gasteiger partial charge in [0, 0.05) is 34.1 Å². The fraction of sp³-hybridized carbons (Fsp3) is 0.120. The van der Waals surface area contributed by atoms with Gasteiger partial charge >= 0.3 is 5.91 Å². The van der Waals surface area contributed by atoms with Crippen molar-refractivity contribution in [2.24, 2.45) is 5.73 Å². The van der Waals surface area contributed by atoms with Gasteiger partial charge in [0.2, 0.25) is 0 Å². The Morgan fingerprint density at radius 2 is 1.97 bits per heavy atom. The molecule has 3 N–H and O–H groups in total. The molecule has 3 aromatic carbocycles. The molecular formula is C25H18FN3O2. The van der Waals surface area contributed by atoms with Gasteiger partial charge in [0.05, 0.1) is 11.1 Å². The molecule has 5 nitrogen and oxygen atoms in total. The Morgan fingerprint density at radius 3 is 2.74 bits per heavy atom. The van der Waals surface area contributed by atoms with E-state index in [1.54, 1.807) is 17.9 Å². The summed E-state index contributed by atoms with van der Waals surface area (Å²) in [5.41, 5.74) is 9.65. The monoisotopic (exact) mass is 411 g/mol. The van der Waals surface area contributed by atoms with Crippen LogP contribution in [-0.2, 0) is 11.2 Å². The maximum Gasteiger partial charge on any atom is 0.302 e. The van der Waals surface area contributed by atoms with Crippen LogP contribution in [0.15, 0.2) is 48.5 Å². The molecule has 0 saturated heterocycles. The molecule has 152 valence electrons. The molecule has 0 saturated carbocycles. The second-order valence-electron chi connectivity index (χ2n) is 7.45. The van der Waals surface area contributed by atoms with Gasteiger partial charge in [0.15, 0.2) is 0 Å². The van der Waals surface area contributed by atoms with Gasteiger partial charge in [-0.1, -0.05) is 36.3 Å². The number of nitrogens with two attached hydrogens (primary N) is 1. The minimum Gasteiger partial charge on any atom is -0.366 e. The summed E-state index contributed by atoms with van der Waals surface area (Å²) in [6, 6.07) is 14.2. The first-order valence-electron chi connectivity index (χ1n) is 9.90. The van der Waals surface area contributed by atoms with Crippen LogP contribution in [0.5, 0.6) is 0 Å². The molecule has 31 heavy (non-hydrogen) atoms. The van der Waals surface area contributed by atoms with E-state index in [1.807, 2.05) is 36.4 Å². The van der Waals surface area contributed by atoms with E-state index >= 15 is 4.39 Å². The number of hydrogen-bond acceptors (Lipinski definition) is 2. The summed E-state index contributed by atoms with van der Waals surface area (Å²) in [6.45, 7) is 2.10. The van der Waals surface area contributed by atoms with E-state index in [-0.39, 0.29) is 11.5 Å². The third-order valence-corrected chi connectivity index (χ3v) is 5.77. The summed E-state index contributed by atoms with van der Waals surface area (Å²) in [5, 5.41) is 1.41. The Balaban J connectivity index is 1.85. The number of para-hydroxylation sites is 1. The Bertz CT molecular complexity index is 1470. The molecule has 0 aliphatic carbocycles. The lowest BCUT2D eigenvalue weighted by Crippen LogP contribution is -2.27. The lowest BCUT2D eigenvalue weighted by atomic mass is 9.92. The first-order valence-corrected chi connectivity index (χ1v) is 9.90. The van der Waals surface area contributed by atoms with Crippen LogP contribution in [0.3, 0.4) is 0 Å². The smallest absolute Gasteiger partial charge is 0.302 e. The van der Waals surface area contributed by atoms with E-state index in [0.29, 0.717) is 35.0 Å². The van der Waals surface area contributed by atoms with E-state index in [2.05, 4.69) is 16.8 Å². The predicted octanol–water partition coefficient (Wildman–Crippen LogP) is 4.14. The molecular weight excluding hydrogens is 393 g/mol. The number of primary amides is 1.